The number of hydrogen-bond acceptors (Lipinski definition) is 0. The van der Waals surface area contributed by atoms with Crippen LogP contribution in [-0.4, -0.2) is 0 Å². The maximum atomic E-state index is 2.34. The van der Waals surface area contributed by atoms with E-state index in [9.17, 15) is 0 Å². The van der Waals surface area contributed by atoms with Crippen LogP contribution in [0.1, 0.15) is 42.9 Å². The number of hydrogen-bond donors (Lipinski definition) is 0. The standard InChI is InChI=1S/C21H20/c1-14(2)20-18-11-6-5-10-17(18)19-13-7-12-16(21(19)20)15-8-3-4-9-15/h3,5-14,20H,4H2,1-2H3. The van der Waals surface area contributed by atoms with Crippen LogP contribution in [0.25, 0.3) is 16.7 Å². The van der Waals surface area contributed by atoms with Gasteiger partial charge in [0.1, 0.15) is 0 Å². The van der Waals surface area contributed by atoms with E-state index in [1.807, 2.05) is 0 Å². The number of allylic oxidation sites excluding steroid dienone is 4. The molecule has 0 bridgehead atoms. The van der Waals surface area contributed by atoms with Gasteiger partial charge >= 0.3 is 0 Å². The third kappa shape index (κ3) is 1.82. The molecule has 0 radical (unpaired) electrons. The Labute approximate surface area is 126 Å². The third-order valence-electron chi connectivity index (χ3n) is 4.75. The van der Waals surface area contributed by atoms with Crippen LogP contribution < -0.4 is 0 Å². The fourth-order valence-corrected chi connectivity index (χ4v) is 3.91. The van der Waals surface area contributed by atoms with Gasteiger partial charge in [-0.15, -0.1) is 0 Å². The Balaban J connectivity index is 2.01. The van der Waals surface area contributed by atoms with Crippen LogP contribution in [0.15, 0.2) is 60.7 Å². The number of fused-ring (bicyclic) bond motifs is 3. The number of benzene rings is 2. The smallest absolute Gasteiger partial charge is 0.0131 e. The molecule has 0 fully saturated rings. The van der Waals surface area contributed by atoms with Gasteiger partial charge in [-0.1, -0.05) is 74.5 Å². The summed E-state index contributed by atoms with van der Waals surface area (Å²) in [5, 5.41) is 0. The molecule has 0 N–H and O–H groups in total. The fourth-order valence-electron chi connectivity index (χ4n) is 3.91. The highest BCUT2D eigenvalue weighted by Gasteiger charge is 2.32. The third-order valence-corrected chi connectivity index (χ3v) is 4.75. The van der Waals surface area contributed by atoms with Gasteiger partial charge in [0.25, 0.3) is 0 Å². The molecule has 2 aromatic rings. The van der Waals surface area contributed by atoms with Crippen LogP contribution in [0.5, 0.6) is 0 Å². The van der Waals surface area contributed by atoms with E-state index in [-0.39, 0.29) is 0 Å². The minimum absolute atomic E-state index is 0.516. The van der Waals surface area contributed by atoms with E-state index in [1.165, 1.54) is 33.4 Å². The van der Waals surface area contributed by atoms with Crippen LogP contribution in [-0.2, 0) is 0 Å². The summed E-state index contributed by atoms with van der Waals surface area (Å²) >= 11 is 0. The molecule has 0 aliphatic heterocycles. The van der Waals surface area contributed by atoms with E-state index in [0.717, 1.165) is 6.42 Å². The fraction of sp³-hybridized carbons (Fsp3) is 0.238. The van der Waals surface area contributed by atoms with E-state index in [4.69, 9.17) is 0 Å². The number of rotatable bonds is 2. The van der Waals surface area contributed by atoms with Crippen LogP contribution in [0, 0.1) is 5.92 Å². The molecule has 0 aromatic heterocycles. The zero-order valence-corrected chi connectivity index (χ0v) is 12.6. The average Bonchev–Trinajstić information content (AvgIpc) is 3.12. The Bertz CT molecular complexity index is 759. The van der Waals surface area contributed by atoms with Crippen molar-refractivity contribution in [1.29, 1.82) is 0 Å². The predicted molar refractivity (Wildman–Crippen MR) is 90.3 cm³/mol. The van der Waals surface area contributed by atoms with Crippen molar-refractivity contribution in [3.63, 3.8) is 0 Å². The largest absolute Gasteiger partial charge is 0.0801 e. The van der Waals surface area contributed by atoms with Gasteiger partial charge in [-0.3, -0.25) is 0 Å². The summed E-state index contributed by atoms with van der Waals surface area (Å²) in [6.45, 7) is 4.68. The predicted octanol–water partition coefficient (Wildman–Crippen LogP) is 5.80. The summed E-state index contributed by atoms with van der Waals surface area (Å²) in [6, 6.07) is 15.7. The summed E-state index contributed by atoms with van der Waals surface area (Å²) in [5.74, 6) is 1.13. The summed E-state index contributed by atoms with van der Waals surface area (Å²) in [4.78, 5) is 0. The van der Waals surface area contributed by atoms with Gasteiger partial charge in [-0.2, -0.15) is 0 Å². The molecule has 2 aliphatic rings. The molecule has 0 amide bonds. The van der Waals surface area contributed by atoms with Gasteiger partial charge in [-0.05, 0) is 45.7 Å². The Morgan fingerprint density at radius 1 is 0.905 bits per heavy atom. The molecule has 0 nitrogen and oxygen atoms in total. The molecular formula is C21H20. The molecule has 0 heteroatoms. The van der Waals surface area contributed by atoms with Gasteiger partial charge in [0, 0.05) is 5.92 Å². The van der Waals surface area contributed by atoms with Crippen molar-refractivity contribution in [3.8, 4) is 11.1 Å². The minimum Gasteiger partial charge on any atom is -0.0801 e. The lowest BCUT2D eigenvalue weighted by Crippen LogP contribution is -2.07. The van der Waals surface area contributed by atoms with Gasteiger partial charge in [0.05, 0.1) is 0 Å². The Morgan fingerprint density at radius 2 is 1.67 bits per heavy atom. The highest BCUT2D eigenvalue weighted by atomic mass is 14.4. The zero-order valence-electron chi connectivity index (χ0n) is 12.6. The van der Waals surface area contributed by atoms with Gasteiger partial charge in [-0.25, -0.2) is 0 Å². The maximum Gasteiger partial charge on any atom is 0.0131 e. The first-order chi connectivity index (χ1) is 10.3. The Kier molecular flexibility index (Phi) is 2.85. The summed E-state index contributed by atoms with van der Waals surface area (Å²) < 4.78 is 0. The molecular weight excluding hydrogens is 252 g/mol. The molecule has 0 saturated carbocycles. The second-order valence-corrected chi connectivity index (χ2v) is 6.37. The van der Waals surface area contributed by atoms with Crippen molar-refractivity contribution in [2.45, 2.75) is 26.2 Å². The average molecular weight is 272 g/mol. The second-order valence-electron chi connectivity index (χ2n) is 6.37. The quantitative estimate of drug-likeness (QED) is 0.648. The zero-order chi connectivity index (χ0) is 14.4. The first kappa shape index (κ1) is 12.6. The first-order valence-electron chi connectivity index (χ1n) is 7.86. The van der Waals surface area contributed by atoms with Gasteiger partial charge in [0.15, 0.2) is 0 Å². The summed E-state index contributed by atoms with van der Waals surface area (Å²) in [7, 11) is 0. The molecule has 1 atom stereocenters. The molecule has 0 spiro atoms. The Hall–Kier alpha value is -2.08. The monoisotopic (exact) mass is 272 g/mol. The van der Waals surface area contributed by atoms with E-state index < -0.39 is 0 Å². The van der Waals surface area contributed by atoms with Crippen molar-refractivity contribution in [1.82, 2.24) is 0 Å². The van der Waals surface area contributed by atoms with E-state index in [2.05, 4.69) is 74.5 Å². The SMILES string of the molecule is CC(C)C1c2ccccc2-c2cccc(C3=CCC=C3)c21. The molecule has 104 valence electrons. The molecule has 1 unspecified atom stereocenters. The van der Waals surface area contributed by atoms with Crippen molar-refractivity contribution < 1.29 is 0 Å². The van der Waals surface area contributed by atoms with Crippen LogP contribution in [0.2, 0.25) is 0 Å². The Morgan fingerprint density at radius 3 is 2.43 bits per heavy atom. The van der Waals surface area contributed by atoms with E-state index >= 15 is 0 Å². The summed E-state index contributed by atoms with van der Waals surface area (Å²) in [5.41, 5.74) is 8.71. The lowest BCUT2D eigenvalue weighted by molar-refractivity contribution is 0.572. The second kappa shape index (κ2) is 4.73. The maximum absolute atomic E-state index is 2.34. The lowest BCUT2D eigenvalue weighted by Gasteiger charge is -2.21. The van der Waals surface area contributed by atoms with E-state index in [0.29, 0.717) is 11.8 Å². The van der Waals surface area contributed by atoms with Gasteiger partial charge < -0.3 is 0 Å². The van der Waals surface area contributed by atoms with Crippen molar-refractivity contribution in [2.24, 2.45) is 5.92 Å². The molecule has 0 heterocycles. The molecule has 0 saturated heterocycles. The van der Waals surface area contributed by atoms with Crippen LogP contribution in [0.3, 0.4) is 0 Å². The molecule has 4 rings (SSSR count). The lowest BCUT2D eigenvalue weighted by atomic mass is 9.83. The normalized spacial score (nSPS) is 18.8. The first-order valence-corrected chi connectivity index (χ1v) is 7.86. The van der Waals surface area contributed by atoms with Gasteiger partial charge in [0.2, 0.25) is 0 Å². The minimum atomic E-state index is 0.516. The van der Waals surface area contributed by atoms with Crippen molar-refractivity contribution in [3.05, 3.63) is 77.4 Å². The summed E-state index contributed by atoms with van der Waals surface area (Å²) in [6.07, 6.45) is 7.94. The topological polar surface area (TPSA) is 0 Å². The van der Waals surface area contributed by atoms with Crippen LogP contribution in [0.4, 0.5) is 0 Å². The molecule has 2 aliphatic carbocycles. The molecule has 2 aromatic carbocycles. The van der Waals surface area contributed by atoms with Crippen molar-refractivity contribution in [2.75, 3.05) is 0 Å². The highest BCUT2D eigenvalue weighted by Crippen LogP contribution is 2.50. The van der Waals surface area contributed by atoms with Crippen LogP contribution >= 0.6 is 0 Å². The highest BCUT2D eigenvalue weighted by molar-refractivity contribution is 5.88. The van der Waals surface area contributed by atoms with E-state index in [1.54, 1.807) is 0 Å². The van der Waals surface area contributed by atoms with Crippen molar-refractivity contribution >= 4 is 5.57 Å². The molecule has 21 heavy (non-hydrogen) atoms.